The van der Waals surface area contributed by atoms with E-state index in [-0.39, 0.29) is 16.6 Å². The van der Waals surface area contributed by atoms with E-state index in [2.05, 4.69) is 16.3 Å². The summed E-state index contributed by atoms with van der Waals surface area (Å²) in [5, 5.41) is 6.68. The molecule has 74 valence electrons. The molecular weight excluding hydrogens is 202 g/mol. The molecule has 0 saturated heterocycles. The highest BCUT2D eigenvalue weighted by Gasteiger charge is 2.05. The lowest BCUT2D eigenvalue weighted by atomic mass is 10.3. The summed E-state index contributed by atoms with van der Waals surface area (Å²) in [6, 6.07) is 1.20. The first-order valence-corrected chi connectivity index (χ1v) is 4.39. The van der Waals surface area contributed by atoms with Crippen LogP contribution in [0.3, 0.4) is 0 Å². The minimum atomic E-state index is -0.323. The molecule has 1 heterocycles. The van der Waals surface area contributed by atoms with E-state index >= 15 is 0 Å². The maximum Gasteiger partial charge on any atom is 0.221 e. The lowest BCUT2D eigenvalue weighted by molar-refractivity contribution is 0.734. The van der Waals surface area contributed by atoms with Crippen LogP contribution >= 0.6 is 11.6 Å². The van der Waals surface area contributed by atoms with Crippen molar-refractivity contribution in [2.75, 3.05) is 5.32 Å². The average molecular weight is 212 g/mol. The second-order valence-corrected chi connectivity index (χ2v) is 3.20. The summed E-state index contributed by atoms with van der Waals surface area (Å²) in [4.78, 5) is 11.2. The Morgan fingerprint density at radius 3 is 3.00 bits per heavy atom. The standard InChI is InChI=1S/C9H10ClN3O/c1-4-6(2)11-8-5-7(14)9(10)12-13(8)3/h1,5-6,11H,2-3H3. The zero-order valence-corrected chi connectivity index (χ0v) is 8.67. The number of aromatic nitrogens is 2. The number of nitrogens with zero attached hydrogens (tertiary/aromatic N) is 2. The molecule has 1 unspecified atom stereocenters. The number of terminal acetylenes is 1. The van der Waals surface area contributed by atoms with Crippen molar-refractivity contribution in [1.82, 2.24) is 9.78 Å². The van der Waals surface area contributed by atoms with Crippen LogP contribution in [0.4, 0.5) is 5.82 Å². The second kappa shape index (κ2) is 4.16. The molecule has 0 bridgehead atoms. The van der Waals surface area contributed by atoms with Crippen LogP contribution in [0.15, 0.2) is 10.9 Å². The van der Waals surface area contributed by atoms with Gasteiger partial charge in [-0.25, -0.2) is 0 Å². The molecule has 5 heteroatoms. The molecule has 1 atom stereocenters. The van der Waals surface area contributed by atoms with Gasteiger partial charge in [-0.2, -0.15) is 5.10 Å². The van der Waals surface area contributed by atoms with Crippen LogP contribution in [-0.2, 0) is 7.05 Å². The fourth-order valence-corrected chi connectivity index (χ4v) is 1.08. The Labute approximate surface area is 86.9 Å². The topological polar surface area (TPSA) is 46.9 Å². The summed E-state index contributed by atoms with van der Waals surface area (Å²) in [6.45, 7) is 1.80. The molecule has 0 aliphatic rings. The molecule has 0 amide bonds. The quantitative estimate of drug-likeness (QED) is 0.739. The second-order valence-electron chi connectivity index (χ2n) is 2.84. The fraction of sp³-hybridized carbons (Fsp3) is 0.333. The maximum atomic E-state index is 11.2. The Balaban J connectivity index is 3.06. The van der Waals surface area contributed by atoms with Crippen molar-refractivity contribution in [3.05, 3.63) is 21.4 Å². The van der Waals surface area contributed by atoms with E-state index in [1.54, 1.807) is 14.0 Å². The molecule has 0 spiro atoms. The number of halogens is 1. The molecule has 0 fully saturated rings. The van der Waals surface area contributed by atoms with Gasteiger partial charge < -0.3 is 5.32 Å². The van der Waals surface area contributed by atoms with E-state index in [1.165, 1.54) is 10.7 Å². The van der Waals surface area contributed by atoms with Gasteiger partial charge in [-0.05, 0) is 6.92 Å². The molecular formula is C9H10ClN3O. The zero-order valence-electron chi connectivity index (χ0n) is 7.91. The minimum absolute atomic E-state index is 0.0496. The van der Waals surface area contributed by atoms with Crippen molar-refractivity contribution in [3.63, 3.8) is 0 Å². The predicted molar refractivity (Wildman–Crippen MR) is 56.4 cm³/mol. The smallest absolute Gasteiger partial charge is 0.221 e. The summed E-state index contributed by atoms with van der Waals surface area (Å²) in [5.41, 5.74) is -0.323. The Hall–Kier alpha value is -1.47. The molecule has 0 aromatic carbocycles. The first-order chi connectivity index (χ1) is 6.54. The van der Waals surface area contributed by atoms with E-state index < -0.39 is 0 Å². The number of hydrogen-bond acceptors (Lipinski definition) is 3. The van der Waals surface area contributed by atoms with E-state index in [4.69, 9.17) is 18.0 Å². The third-order valence-electron chi connectivity index (χ3n) is 1.67. The SMILES string of the molecule is C#CC(C)Nc1cc(=O)c(Cl)nn1C. The van der Waals surface area contributed by atoms with Crippen molar-refractivity contribution in [3.8, 4) is 12.3 Å². The van der Waals surface area contributed by atoms with E-state index in [0.717, 1.165) is 0 Å². The number of rotatable bonds is 2. The monoisotopic (exact) mass is 211 g/mol. The minimum Gasteiger partial charge on any atom is -0.357 e. The number of aryl methyl sites for hydroxylation is 1. The molecule has 0 aliphatic heterocycles. The largest absolute Gasteiger partial charge is 0.357 e. The van der Waals surface area contributed by atoms with Crippen molar-refractivity contribution in [1.29, 1.82) is 0 Å². The molecule has 1 N–H and O–H groups in total. The van der Waals surface area contributed by atoms with Gasteiger partial charge in [-0.3, -0.25) is 9.48 Å². The first kappa shape index (κ1) is 10.6. The lowest BCUT2D eigenvalue weighted by Gasteiger charge is -2.12. The van der Waals surface area contributed by atoms with Gasteiger partial charge >= 0.3 is 0 Å². The van der Waals surface area contributed by atoms with Crippen LogP contribution in [0.2, 0.25) is 5.15 Å². The molecule has 0 aliphatic carbocycles. The van der Waals surface area contributed by atoms with E-state index in [9.17, 15) is 4.79 Å². The van der Waals surface area contributed by atoms with Crippen LogP contribution in [0.25, 0.3) is 0 Å². The number of hydrogen-bond donors (Lipinski definition) is 1. The van der Waals surface area contributed by atoms with E-state index in [1.807, 2.05) is 0 Å². The highest BCUT2D eigenvalue weighted by Crippen LogP contribution is 2.05. The summed E-state index contributed by atoms with van der Waals surface area (Å²) in [7, 11) is 1.68. The van der Waals surface area contributed by atoms with Gasteiger partial charge in [0, 0.05) is 13.1 Å². The molecule has 14 heavy (non-hydrogen) atoms. The van der Waals surface area contributed by atoms with Gasteiger partial charge in [0.05, 0.1) is 6.04 Å². The van der Waals surface area contributed by atoms with Gasteiger partial charge in [-0.1, -0.05) is 17.5 Å². The van der Waals surface area contributed by atoms with Gasteiger partial charge in [-0.15, -0.1) is 6.42 Å². The van der Waals surface area contributed by atoms with Gasteiger partial charge in [0.25, 0.3) is 0 Å². The summed E-state index contributed by atoms with van der Waals surface area (Å²) in [5.74, 6) is 3.03. The fourth-order valence-electron chi connectivity index (χ4n) is 0.911. The molecule has 1 aromatic rings. The average Bonchev–Trinajstić information content (AvgIpc) is 2.14. The Kier molecular flexibility index (Phi) is 3.15. The predicted octanol–water partition coefficient (Wildman–Crippen LogP) is 0.867. The third kappa shape index (κ3) is 2.27. The van der Waals surface area contributed by atoms with Crippen molar-refractivity contribution in [2.45, 2.75) is 13.0 Å². The molecule has 1 aromatic heterocycles. The van der Waals surface area contributed by atoms with Crippen molar-refractivity contribution in [2.24, 2.45) is 7.05 Å². The summed E-state index contributed by atoms with van der Waals surface area (Å²) >= 11 is 5.54. The lowest BCUT2D eigenvalue weighted by Crippen LogP contribution is -2.20. The Morgan fingerprint density at radius 1 is 1.79 bits per heavy atom. The Morgan fingerprint density at radius 2 is 2.43 bits per heavy atom. The van der Waals surface area contributed by atoms with Crippen LogP contribution in [-0.4, -0.2) is 15.8 Å². The van der Waals surface area contributed by atoms with Gasteiger partial charge in [0.2, 0.25) is 5.43 Å². The maximum absolute atomic E-state index is 11.2. The Bertz CT molecular complexity index is 433. The van der Waals surface area contributed by atoms with Crippen LogP contribution < -0.4 is 10.7 Å². The van der Waals surface area contributed by atoms with E-state index in [0.29, 0.717) is 5.82 Å². The van der Waals surface area contributed by atoms with Crippen LogP contribution in [0, 0.1) is 12.3 Å². The first-order valence-electron chi connectivity index (χ1n) is 4.01. The zero-order chi connectivity index (χ0) is 10.7. The number of anilines is 1. The molecule has 0 radical (unpaired) electrons. The highest BCUT2D eigenvalue weighted by molar-refractivity contribution is 6.29. The summed E-state index contributed by atoms with van der Waals surface area (Å²) in [6.07, 6.45) is 5.19. The van der Waals surface area contributed by atoms with Gasteiger partial charge in [0.15, 0.2) is 5.15 Å². The van der Waals surface area contributed by atoms with Crippen molar-refractivity contribution >= 4 is 17.4 Å². The normalized spacial score (nSPS) is 11.9. The third-order valence-corrected chi connectivity index (χ3v) is 1.93. The van der Waals surface area contributed by atoms with Crippen molar-refractivity contribution < 1.29 is 0 Å². The molecule has 4 nitrogen and oxygen atoms in total. The van der Waals surface area contributed by atoms with Crippen LogP contribution in [0.1, 0.15) is 6.92 Å². The summed E-state index contributed by atoms with van der Waals surface area (Å²) < 4.78 is 1.47. The molecule has 1 rings (SSSR count). The highest BCUT2D eigenvalue weighted by atomic mass is 35.5. The molecule has 0 saturated carbocycles. The van der Waals surface area contributed by atoms with Crippen LogP contribution in [0.5, 0.6) is 0 Å². The van der Waals surface area contributed by atoms with Gasteiger partial charge in [0.1, 0.15) is 5.82 Å². The number of nitrogens with one attached hydrogen (secondary N) is 1.